The zero-order chi connectivity index (χ0) is 20.4. The number of halogens is 1. The number of pyridine rings is 1. The second-order valence-corrected chi connectivity index (χ2v) is 6.41. The smallest absolute Gasteiger partial charge is 0.184 e. The summed E-state index contributed by atoms with van der Waals surface area (Å²) in [6.45, 7) is 0. The summed E-state index contributed by atoms with van der Waals surface area (Å²) in [6, 6.07) is 20.5. The first-order valence-corrected chi connectivity index (χ1v) is 8.80. The molecule has 0 saturated carbocycles. The van der Waals surface area contributed by atoms with E-state index in [4.69, 9.17) is 16.1 Å². The first-order chi connectivity index (χ1) is 14.1. The fourth-order valence-corrected chi connectivity index (χ4v) is 3.03. The molecule has 7 heteroatoms. The molecule has 0 amide bonds. The Kier molecular flexibility index (Phi) is 4.67. The summed E-state index contributed by atoms with van der Waals surface area (Å²) in [6.07, 6.45) is -0.0995. The Labute approximate surface area is 165 Å². The third kappa shape index (κ3) is 3.51. The van der Waals surface area contributed by atoms with Crippen molar-refractivity contribution in [2.24, 2.45) is 0 Å². The van der Waals surface area contributed by atoms with Gasteiger partial charge in [-0.1, -0.05) is 24.3 Å². The summed E-state index contributed by atoms with van der Waals surface area (Å²) in [5.41, 5.74) is 2.48. The topological polar surface area (TPSA) is 102 Å². The van der Waals surface area contributed by atoms with Crippen molar-refractivity contribution in [2.45, 2.75) is 6.17 Å². The highest BCUT2D eigenvalue weighted by molar-refractivity contribution is 5.88. The SMILES string of the molecule is N#Cc1cccc(-c2ccc(=N)n(C(=N)C(F)c3ccc4ncccc4c3)n2)c1. The van der Waals surface area contributed by atoms with Crippen LogP contribution in [0.5, 0.6) is 0 Å². The molecule has 4 aromatic rings. The average molecular weight is 382 g/mol. The number of rotatable bonds is 3. The Bertz CT molecular complexity index is 1330. The number of aromatic nitrogens is 3. The van der Waals surface area contributed by atoms with E-state index in [1.165, 1.54) is 6.07 Å². The molecule has 6 nitrogen and oxygen atoms in total. The van der Waals surface area contributed by atoms with Gasteiger partial charge in [-0.3, -0.25) is 15.8 Å². The number of benzene rings is 2. The van der Waals surface area contributed by atoms with Crippen molar-refractivity contribution in [2.75, 3.05) is 0 Å². The zero-order valence-corrected chi connectivity index (χ0v) is 15.2. The number of hydrogen-bond donors (Lipinski definition) is 2. The second kappa shape index (κ2) is 7.44. The minimum absolute atomic E-state index is 0.111. The van der Waals surface area contributed by atoms with Crippen molar-refractivity contribution >= 4 is 16.7 Å². The third-order valence-corrected chi connectivity index (χ3v) is 4.51. The number of alkyl halides is 1. The predicted molar refractivity (Wildman–Crippen MR) is 107 cm³/mol. The third-order valence-electron chi connectivity index (χ3n) is 4.51. The average Bonchev–Trinajstić information content (AvgIpc) is 2.78. The first kappa shape index (κ1) is 18.2. The van der Waals surface area contributed by atoms with Gasteiger partial charge in [-0.2, -0.15) is 15.0 Å². The molecule has 0 bridgehead atoms. The second-order valence-electron chi connectivity index (χ2n) is 6.41. The molecule has 0 aliphatic rings. The highest BCUT2D eigenvalue weighted by Gasteiger charge is 2.20. The van der Waals surface area contributed by atoms with E-state index in [0.29, 0.717) is 22.4 Å². The molecule has 2 heterocycles. The number of fused-ring (bicyclic) bond motifs is 1. The summed E-state index contributed by atoms with van der Waals surface area (Å²) in [5, 5.41) is 30.5. The fourth-order valence-electron chi connectivity index (χ4n) is 3.03. The highest BCUT2D eigenvalue weighted by Crippen LogP contribution is 2.23. The lowest BCUT2D eigenvalue weighted by molar-refractivity contribution is 0.425. The molecule has 2 aromatic carbocycles. The maximum Gasteiger partial charge on any atom is 0.184 e. The van der Waals surface area contributed by atoms with Crippen LogP contribution in [0.15, 0.2) is 72.9 Å². The monoisotopic (exact) mass is 382 g/mol. The molecule has 1 atom stereocenters. The van der Waals surface area contributed by atoms with Gasteiger partial charge < -0.3 is 0 Å². The van der Waals surface area contributed by atoms with Crippen LogP contribution in [0.25, 0.3) is 22.2 Å². The van der Waals surface area contributed by atoms with Crippen LogP contribution in [0, 0.1) is 22.1 Å². The summed E-state index contributed by atoms with van der Waals surface area (Å²) in [5.74, 6) is -0.462. The maximum absolute atomic E-state index is 15.1. The van der Waals surface area contributed by atoms with Gasteiger partial charge in [0.2, 0.25) is 0 Å². The molecule has 0 radical (unpaired) electrons. The summed E-state index contributed by atoms with van der Waals surface area (Å²) in [4.78, 5) is 4.21. The molecule has 29 heavy (non-hydrogen) atoms. The van der Waals surface area contributed by atoms with Crippen molar-refractivity contribution in [3.05, 3.63) is 89.5 Å². The first-order valence-electron chi connectivity index (χ1n) is 8.80. The lowest BCUT2D eigenvalue weighted by atomic mass is 10.1. The quantitative estimate of drug-likeness (QED) is 0.414. The van der Waals surface area contributed by atoms with E-state index in [9.17, 15) is 0 Å². The lowest BCUT2D eigenvalue weighted by Crippen LogP contribution is -2.31. The van der Waals surface area contributed by atoms with E-state index in [0.717, 1.165) is 15.6 Å². The van der Waals surface area contributed by atoms with Crippen LogP contribution in [0.3, 0.4) is 0 Å². The molecule has 0 aliphatic carbocycles. The Morgan fingerprint density at radius 2 is 1.93 bits per heavy atom. The molecular weight excluding hydrogens is 367 g/mol. The summed E-state index contributed by atoms with van der Waals surface area (Å²) in [7, 11) is 0. The van der Waals surface area contributed by atoms with Gasteiger partial charge in [-0.25, -0.2) is 4.39 Å². The molecule has 1 unspecified atom stereocenters. The molecule has 4 rings (SSSR count). The van der Waals surface area contributed by atoms with Crippen LogP contribution < -0.4 is 5.49 Å². The summed E-state index contributed by atoms with van der Waals surface area (Å²) < 4.78 is 16.1. The van der Waals surface area contributed by atoms with E-state index in [1.807, 2.05) is 6.07 Å². The molecule has 0 aliphatic heterocycles. The van der Waals surface area contributed by atoms with Gasteiger partial charge in [0.05, 0.1) is 22.8 Å². The fraction of sp³-hybridized carbons (Fsp3) is 0.0455. The zero-order valence-electron chi connectivity index (χ0n) is 15.2. The molecule has 2 N–H and O–H groups in total. The van der Waals surface area contributed by atoms with Crippen LogP contribution >= 0.6 is 0 Å². The van der Waals surface area contributed by atoms with Crippen LogP contribution in [0.1, 0.15) is 17.3 Å². The minimum atomic E-state index is -1.76. The van der Waals surface area contributed by atoms with Gasteiger partial charge in [-0.05, 0) is 48.0 Å². The molecule has 2 aromatic heterocycles. The largest absolute Gasteiger partial charge is 0.284 e. The van der Waals surface area contributed by atoms with Crippen LogP contribution in [0.4, 0.5) is 4.39 Å². The molecule has 140 valence electrons. The van der Waals surface area contributed by atoms with E-state index in [1.54, 1.807) is 60.8 Å². The van der Waals surface area contributed by atoms with E-state index in [-0.39, 0.29) is 5.49 Å². The maximum atomic E-state index is 15.1. The standard InChI is InChI=1S/C22H15FN6/c23-21(17-6-7-18-16(12-17)5-2-10-27-18)22(26)29-20(25)9-8-19(28-29)15-4-1-3-14(11-15)13-24/h1-12,21,25-26H. The van der Waals surface area contributed by atoms with Gasteiger partial charge >= 0.3 is 0 Å². The van der Waals surface area contributed by atoms with Crippen molar-refractivity contribution in [1.82, 2.24) is 14.8 Å². The van der Waals surface area contributed by atoms with E-state index in [2.05, 4.69) is 16.2 Å². The van der Waals surface area contributed by atoms with Crippen LogP contribution in [-0.4, -0.2) is 20.6 Å². The number of hydrogen-bond acceptors (Lipinski definition) is 5. The van der Waals surface area contributed by atoms with Crippen LogP contribution in [0.2, 0.25) is 0 Å². The predicted octanol–water partition coefficient (Wildman–Crippen LogP) is 3.99. The molecule has 0 fully saturated rings. The molecular formula is C22H15FN6. The number of nitrogens with zero attached hydrogens (tertiary/aromatic N) is 4. The highest BCUT2D eigenvalue weighted by atomic mass is 19.1. The Balaban J connectivity index is 1.72. The normalized spacial score (nSPS) is 11.7. The van der Waals surface area contributed by atoms with Gasteiger partial charge in [-0.15, -0.1) is 0 Å². The Morgan fingerprint density at radius 3 is 2.76 bits per heavy atom. The van der Waals surface area contributed by atoms with Gasteiger partial charge in [0.15, 0.2) is 12.0 Å². The number of nitriles is 1. The van der Waals surface area contributed by atoms with E-state index >= 15 is 4.39 Å². The lowest BCUT2D eigenvalue weighted by Gasteiger charge is -2.14. The summed E-state index contributed by atoms with van der Waals surface area (Å²) >= 11 is 0. The van der Waals surface area contributed by atoms with E-state index < -0.39 is 12.0 Å². The van der Waals surface area contributed by atoms with Crippen LogP contribution in [-0.2, 0) is 0 Å². The number of nitrogens with one attached hydrogen (secondary N) is 2. The van der Waals surface area contributed by atoms with Gasteiger partial charge in [0.1, 0.15) is 5.49 Å². The van der Waals surface area contributed by atoms with Crippen molar-refractivity contribution in [1.29, 1.82) is 16.1 Å². The molecule has 0 spiro atoms. The van der Waals surface area contributed by atoms with Gasteiger partial charge in [0, 0.05) is 17.1 Å². The minimum Gasteiger partial charge on any atom is -0.284 e. The van der Waals surface area contributed by atoms with Crippen molar-refractivity contribution < 1.29 is 4.39 Å². The molecule has 0 saturated heterocycles. The van der Waals surface area contributed by atoms with Crippen molar-refractivity contribution in [3.63, 3.8) is 0 Å². The van der Waals surface area contributed by atoms with Crippen molar-refractivity contribution in [3.8, 4) is 17.3 Å². The Morgan fingerprint density at radius 1 is 1.07 bits per heavy atom. The van der Waals surface area contributed by atoms with Gasteiger partial charge in [0.25, 0.3) is 0 Å². The Hall–Kier alpha value is -4.18.